The number of carbonyl (C=O) groups excluding carboxylic acids is 2. The fourth-order valence-corrected chi connectivity index (χ4v) is 2.77. The van der Waals surface area contributed by atoms with Crippen LogP contribution in [0.2, 0.25) is 0 Å². The summed E-state index contributed by atoms with van der Waals surface area (Å²) in [7, 11) is 0. The molecule has 0 saturated carbocycles. The number of anilines is 2. The van der Waals surface area contributed by atoms with E-state index in [1.54, 1.807) is 53.7 Å². The van der Waals surface area contributed by atoms with E-state index in [2.05, 4.69) is 4.90 Å². The molecular weight excluding hydrogens is 332 g/mol. The van der Waals surface area contributed by atoms with Gasteiger partial charge in [-0.15, -0.1) is 0 Å². The highest BCUT2D eigenvalue weighted by Gasteiger charge is 2.34. The maximum atomic E-state index is 12.8. The lowest BCUT2D eigenvalue weighted by Crippen LogP contribution is -2.44. The Morgan fingerprint density at radius 3 is 1.81 bits per heavy atom. The molecule has 2 rings (SSSR count). The van der Waals surface area contributed by atoms with Crippen LogP contribution in [0, 0.1) is 0 Å². The summed E-state index contributed by atoms with van der Waals surface area (Å²) in [4.78, 5) is 28.9. The van der Waals surface area contributed by atoms with Gasteiger partial charge in [-0.25, -0.2) is 9.59 Å². The molecule has 0 unspecified atom stereocenters. The van der Waals surface area contributed by atoms with Crippen LogP contribution in [0.15, 0.2) is 24.3 Å². The third kappa shape index (κ3) is 5.38. The van der Waals surface area contributed by atoms with Gasteiger partial charge in [0.25, 0.3) is 0 Å². The lowest BCUT2D eigenvalue weighted by molar-refractivity contribution is 0.0431. The van der Waals surface area contributed by atoms with Crippen LogP contribution < -0.4 is 9.80 Å². The molecule has 0 aromatic heterocycles. The van der Waals surface area contributed by atoms with E-state index < -0.39 is 23.4 Å². The van der Waals surface area contributed by atoms with Gasteiger partial charge in [-0.1, -0.05) is 12.1 Å². The van der Waals surface area contributed by atoms with E-state index in [0.717, 1.165) is 36.5 Å². The monoisotopic (exact) mass is 362 g/mol. The van der Waals surface area contributed by atoms with Crippen LogP contribution in [0.3, 0.4) is 0 Å². The Labute approximate surface area is 156 Å². The molecule has 0 radical (unpaired) electrons. The van der Waals surface area contributed by atoms with Crippen molar-refractivity contribution in [2.24, 2.45) is 0 Å². The van der Waals surface area contributed by atoms with Crippen LogP contribution in [0.1, 0.15) is 54.4 Å². The van der Waals surface area contributed by atoms with Gasteiger partial charge >= 0.3 is 12.2 Å². The fraction of sp³-hybridized carbons (Fsp3) is 0.600. The highest BCUT2D eigenvalue weighted by molar-refractivity contribution is 6.11. The number of hydrogen-bond acceptors (Lipinski definition) is 5. The molecule has 1 heterocycles. The number of rotatable bonds is 2. The Hall–Kier alpha value is -2.24. The van der Waals surface area contributed by atoms with Crippen LogP contribution in [-0.4, -0.2) is 36.5 Å². The first-order valence-corrected chi connectivity index (χ1v) is 9.08. The topological polar surface area (TPSA) is 59.1 Å². The molecule has 6 heteroatoms. The lowest BCUT2D eigenvalue weighted by atomic mass is 10.2. The van der Waals surface area contributed by atoms with Gasteiger partial charge in [-0.3, -0.25) is 0 Å². The summed E-state index contributed by atoms with van der Waals surface area (Å²) in [6, 6.07) is 7.38. The van der Waals surface area contributed by atoms with Crippen molar-refractivity contribution in [3.63, 3.8) is 0 Å². The quantitative estimate of drug-likeness (QED) is 0.744. The van der Waals surface area contributed by atoms with Gasteiger partial charge in [-0.2, -0.15) is 4.90 Å². The minimum absolute atomic E-state index is 0.484. The van der Waals surface area contributed by atoms with Crippen molar-refractivity contribution >= 4 is 23.6 Å². The molecule has 0 aliphatic carbocycles. The molecule has 2 amide bonds. The second-order valence-electron chi connectivity index (χ2n) is 8.48. The Morgan fingerprint density at radius 1 is 0.885 bits per heavy atom. The predicted molar refractivity (Wildman–Crippen MR) is 103 cm³/mol. The van der Waals surface area contributed by atoms with E-state index in [4.69, 9.17) is 9.47 Å². The lowest BCUT2D eigenvalue weighted by Gasteiger charge is -2.31. The molecule has 1 aromatic carbocycles. The normalized spacial score (nSPS) is 14.9. The zero-order chi connectivity index (χ0) is 19.5. The molecule has 0 N–H and O–H groups in total. The molecule has 6 nitrogen and oxygen atoms in total. The summed E-state index contributed by atoms with van der Waals surface area (Å²) < 4.78 is 11.0. The average Bonchev–Trinajstić information content (AvgIpc) is 2.98. The number of hydrogen-bond donors (Lipinski definition) is 0. The zero-order valence-corrected chi connectivity index (χ0v) is 16.7. The van der Waals surface area contributed by atoms with Crippen molar-refractivity contribution in [3.05, 3.63) is 24.3 Å². The van der Waals surface area contributed by atoms with Gasteiger partial charge < -0.3 is 14.4 Å². The largest absolute Gasteiger partial charge is 0.443 e. The molecule has 1 aliphatic rings. The highest BCUT2D eigenvalue weighted by atomic mass is 16.6. The molecule has 26 heavy (non-hydrogen) atoms. The van der Waals surface area contributed by atoms with Crippen molar-refractivity contribution in [3.8, 4) is 0 Å². The van der Waals surface area contributed by atoms with Gasteiger partial charge in [0.1, 0.15) is 11.2 Å². The Kier molecular flexibility index (Phi) is 5.84. The summed E-state index contributed by atoms with van der Waals surface area (Å²) >= 11 is 0. The third-order valence-electron chi connectivity index (χ3n) is 3.72. The third-order valence-corrected chi connectivity index (χ3v) is 3.72. The van der Waals surface area contributed by atoms with Gasteiger partial charge in [0.2, 0.25) is 0 Å². The van der Waals surface area contributed by atoms with Crippen LogP contribution in [0.25, 0.3) is 0 Å². The Morgan fingerprint density at radius 2 is 1.35 bits per heavy atom. The molecule has 1 fully saturated rings. The minimum atomic E-state index is -0.738. The van der Waals surface area contributed by atoms with Gasteiger partial charge in [-0.05, 0) is 66.5 Å². The van der Waals surface area contributed by atoms with Gasteiger partial charge in [0.05, 0.1) is 11.4 Å². The van der Waals surface area contributed by atoms with Gasteiger partial charge in [0.15, 0.2) is 0 Å². The summed E-state index contributed by atoms with van der Waals surface area (Å²) in [5, 5.41) is 0. The van der Waals surface area contributed by atoms with Crippen molar-refractivity contribution in [1.82, 2.24) is 0 Å². The second-order valence-corrected chi connectivity index (χ2v) is 8.48. The first-order chi connectivity index (χ1) is 12.0. The minimum Gasteiger partial charge on any atom is -0.443 e. The van der Waals surface area contributed by atoms with Crippen LogP contribution in [0.4, 0.5) is 21.0 Å². The number of nitrogens with zero attached hydrogens (tertiary/aromatic N) is 2. The maximum absolute atomic E-state index is 12.8. The smallest absolute Gasteiger partial charge is 0.424 e. The molecule has 0 spiro atoms. The first kappa shape index (κ1) is 20.1. The standard InChI is InChI=1S/C20H30N2O4/c1-19(2,3)25-17(23)22(18(24)26-20(4,5)6)16-12-8-7-11-15(16)21-13-9-10-14-21/h7-8,11-12H,9-10,13-14H2,1-6H3. The molecule has 1 saturated heterocycles. The van der Waals surface area contributed by atoms with Crippen molar-refractivity contribution in [2.45, 2.75) is 65.6 Å². The number of carbonyl (C=O) groups is 2. The van der Waals surface area contributed by atoms with E-state index in [-0.39, 0.29) is 0 Å². The highest BCUT2D eigenvalue weighted by Crippen LogP contribution is 2.33. The van der Waals surface area contributed by atoms with Crippen molar-refractivity contribution < 1.29 is 19.1 Å². The van der Waals surface area contributed by atoms with E-state index in [0.29, 0.717) is 5.69 Å². The SMILES string of the molecule is CC(C)(C)OC(=O)N(C(=O)OC(C)(C)C)c1ccccc1N1CCCC1. The van der Waals surface area contributed by atoms with Crippen molar-refractivity contribution in [2.75, 3.05) is 22.9 Å². The van der Waals surface area contributed by atoms with E-state index in [1.807, 2.05) is 12.1 Å². The number of ether oxygens (including phenoxy) is 2. The summed E-state index contributed by atoms with van der Waals surface area (Å²) in [5.41, 5.74) is -0.125. The molecule has 0 atom stereocenters. The van der Waals surface area contributed by atoms with E-state index in [9.17, 15) is 9.59 Å². The zero-order valence-electron chi connectivity index (χ0n) is 16.7. The molecule has 144 valence electrons. The van der Waals surface area contributed by atoms with Crippen LogP contribution >= 0.6 is 0 Å². The van der Waals surface area contributed by atoms with Gasteiger partial charge in [0, 0.05) is 13.1 Å². The average molecular weight is 362 g/mol. The van der Waals surface area contributed by atoms with E-state index in [1.165, 1.54) is 0 Å². The second kappa shape index (κ2) is 7.56. The first-order valence-electron chi connectivity index (χ1n) is 9.08. The maximum Gasteiger partial charge on any atom is 0.424 e. The molecule has 1 aliphatic heterocycles. The number of benzene rings is 1. The fourth-order valence-electron chi connectivity index (χ4n) is 2.77. The summed E-state index contributed by atoms with van der Waals surface area (Å²) in [5.74, 6) is 0. The molecule has 1 aromatic rings. The number of para-hydroxylation sites is 2. The van der Waals surface area contributed by atoms with Crippen molar-refractivity contribution in [1.29, 1.82) is 0 Å². The number of amides is 2. The van der Waals surface area contributed by atoms with Crippen LogP contribution in [0.5, 0.6) is 0 Å². The summed E-state index contributed by atoms with van der Waals surface area (Å²) in [6.07, 6.45) is 0.706. The predicted octanol–water partition coefficient (Wildman–Crippen LogP) is 4.96. The Balaban J connectivity index is 2.43. The Bertz CT molecular complexity index is 625. The summed E-state index contributed by atoms with van der Waals surface area (Å²) in [6.45, 7) is 12.4. The van der Waals surface area contributed by atoms with E-state index >= 15 is 0 Å². The van der Waals surface area contributed by atoms with Crippen LogP contribution in [-0.2, 0) is 9.47 Å². The molecular formula is C20H30N2O4. The number of imide groups is 1. The molecule has 0 bridgehead atoms.